The van der Waals surface area contributed by atoms with Gasteiger partial charge in [0.05, 0.1) is 18.7 Å². The van der Waals surface area contributed by atoms with Crippen molar-refractivity contribution in [3.63, 3.8) is 0 Å². The number of aromatic nitrogens is 3. The second-order valence-corrected chi connectivity index (χ2v) is 4.59. The number of rotatable bonds is 4. The van der Waals surface area contributed by atoms with Crippen LogP contribution in [-0.2, 0) is 0 Å². The van der Waals surface area contributed by atoms with Gasteiger partial charge in [0.1, 0.15) is 5.69 Å². The highest BCUT2D eigenvalue weighted by Crippen LogP contribution is 2.29. The van der Waals surface area contributed by atoms with Crippen molar-refractivity contribution in [2.24, 2.45) is 0 Å². The smallest absolute Gasteiger partial charge is 0.237 e. The Labute approximate surface area is 123 Å². The SMILES string of the molecule is CNC(c1nccnc1OC)c1cccc2cccnc12. The van der Waals surface area contributed by atoms with Gasteiger partial charge in [0.25, 0.3) is 0 Å². The highest BCUT2D eigenvalue weighted by molar-refractivity contribution is 5.82. The van der Waals surface area contributed by atoms with Gasteiger partial charge in [-0.2, -0.15) is 0 Å². The first kappa shape index (κ1) is 13.5. The summed E-state index contributed by atoms with van der Waals surface area (Å²) in [6.07, 6.45) is 5.09. The Morgan fingerprint density at radius 2 is 1.81 bits per heavy atom. The fraction of sp³-hybridized carbons (Fsp3) is 0.188. The summed E-state index contributed by atoms with van der Waals surface area (Å²) in [7, 11) is 3.49. The van der Waals surface area contributed by atoms with Gasteiger partial charge in [-0.25, -0.2) is 4.98 Å². The third-order valence-corrected chi connectivity index (χ3v) is 3.42. The lowest BCUT2D eigenvalue weighted by Gasteiger charge is -2.19. The lowest BCUT2D eigenvalue weighted by atomic mass is 10.00. The standard InChI is InChI=1S/C16H16N4O/c1-17-14(15-16(21-2)20-10-9-19-15)12-7-3-5-11-6-4-8-18-13(11)12/h3-10,14,17H,1-2H3. The van der Waals surface area contributed by atoms with E-state index in [0.717, 1.165) is 22.2 Å². The van der Waals surface area contributed by atoms with Crippen LogP contribution in [0.5, 0.6) is 5.88 Å². The summed E-state index contributed by atoms with van der Waals surface area (Å²) in [6.45, 7) is 0. The van der Waals surface area contributed by atoms with Crippen molar-refractivity contribution >= 4 is 10.9 Å². The number of ether oxygens (including phenoxy) is 1. The van der Waals surface area contributed by atoms with Gasteiger partial charge in [0, 0.05) is 29.5 Å². The molecule has 0 spiro atoms. The number of fused-ring (bicyclic) bond motifs is 1. The lowest BCUT2D eigenvalue weighted by molar-refractivity contribution is 0.384. The predicted octanol–water partition coefficient (Wildman–Crippen LogP) is 2.34. The van der Waals surface area contributed by atoms with Gasteiger partial charge >= 0.3 is 0 Å². The van der Waals surface area contributed by atoms with Gasteiger partial charge in [-0.05, 0) is 13.1 Å². The largest absolute Gasteiger partial charge is 0.480 e. The summed E-state index contributed by atoms with van der Waals surface area (Å²) in [5.74, 6) is 0.518. The number of methoxy groups -OCH3 is 1. The summed E-state index contributed by atoms with van der Waals surface area (Å²) < 4.78 is 5.33. The fourth-order valence-electron chi connectivity index (χ4n) is 2.49. The van der Waals surface area contributed by atoms with Crippen LogP contribution in [-0.4, -0.2) is 29.1 Å². The highest BCUT2D eigenvalue weighted by atomic mass is 16.5. The first-order valence-electron chi connectivity index (χ1n) is 6.71. The predicted molar refractivity (Wildman–Crippen MR) is 81.2 cm³/mol. The van der Waals surface area contributed by atoms with Crippen LogP contribution in [0.25, 0.3) is 10.9 Å². The number of hydrogen-bond acceptors (Lipinski definition) is 5. The summed E-state index contributed by atoms with van der Waals surface area (Å²) in [5, 5.41) is 4.37. The Morgan fingerprint density at radius 1 is 1.00 bits per heavy atom. The molecule has 0 aliphatic heterocycles. The minimum atomic E-state index is -0.132. The zero-order chi connectivity index (χ0) is 14.7. The Bertz CT molecular complexity index is 755. The van der Waals surface area contributed by atoms with Crippen LogP contribution in [0.1, 0.15) is 17.3 Å². The van der Waals surface area contributed by atoms with E-state index >= 15 is 0 Å². The molecule has 21 heavy (non-hydrogen) atoms. The first-order chi connectivity index (χ1) is 10.3. The van der Waals surface area contributed by atoms with Gasteiger partial charge in [0.2, 0.25) is 5.88 Å². The summed E-state index contributed by atoms with van der Waals surface area (Å²) in [4.78, 5) is 13.2. The molecule has 5 nitrogen and oxygen atoms in total. The number of benzene rings is 1. The van der Waals surface area contributed by atoms with Crippen molar-refractivity contribution in [2.75, 3.05) is 14.2 Å². The molecule has 2 aromatic heterocycles. The summed E-state index contributed by atoms with van der Waals surface area (Å²) >= 11 is 0. The maximum atomic E-state index is 5.33. The van der Waals surface area contributed by atoms with Crippen LogP contribution in [0, 0.1) is 0 Å². The number of para-hydroxylation sites is 1. The van der Waals surface area contributed by atoms with E-state index in [-0.39, 0.29) is 6.04 Å². The van der Waals surface area contributed by atoms with Gasteiger partial charge in [-0.1, -0.05) is 24.3 Å². The van der Waals surface area contributed by atoms with Gasteiger partial charge in [-0.15, -0.1) is 0 Å². The van der Waals surface area contributed by atoms with Crippen LogP contribution in [0.3, 0.4) is 0 Å². The van der Waals surface area contributed by atoms with Crippen molar-refractivity contribution in [3.8, 4) is 5.88 Å². The van der Waals surface area contributed by atoms with Crippen molar-refractivity contribution < 1.29 is 4.74 Å². The average molecular weight is 280 g/mol. The third-order valence-electron chi connectivity index (χ3n) is 3.42. The molecule has 1 unspecified atom stereocenters. The van der Waals surface area contributed by atoms with Crippen molar-refractivity contribution in [1.29, 1.82) is 0 Å². The van der Waals surface area contributed by atoms with Crippen LogP contribution in [0.4, 0.5) is 0 Å². The number of pyridine rings is 1. The summed E-state index contributed by atoms with van der Waals surface area (Å²) in [5.41, 5.74) is 2.75. The van der Waals surface area contributed by atoms with Crippen LogP contribution in [0.15, 0.2) is 48.9 Å². The topological polar surface area (TPSA) is 59.9 Å². The molecule has 106 valence electrons. The molecule has 1 atom stereocenters. The Kier molecular flexibility index (Phi) is 3.75. The molecule has 0 amide bonds. The molecule has 0 fully saturated rings. The quantitative estimate of drug-likeness (QED) is 0.795. The van der Waals surface area contributed by atoms with E-state index in [1.54, 1.807) is 25.7 Å². The van der Waals surface area contributed by atoms with E-state index in [0.29, 0.717) is 5.88 Å². The van der Waals surface area contributed by atoms with E-state index in [1.165, 1.54) is 0 Å². The van der Waals surface area contributed by atoms with Gasteiger partial charge in [0.15, 0.2) is 0 Å². The minimum Gasteiger partial charge on any atom is -0.480 e. The third kappa shape index (κ3) is 2.43. The Hall–Kier alpha value is -2.53. The fourth-order valence-corrected chi connectivity index (χ4v) is 2.49. The minimum absolute atomic E-state index is 0.132. The molecular formula is C16H16N4O. The maximum absolute atomic E-state index is 5.33. The normalized spacial score (nSPS) is 12.3. The molecule has 0 aliphatic rings. The number of nitrogens with one attached hydrogen (secondary N) is 1. The Morgan fingerprint density at radius 3 is 2.62 bits per heavy atom. The second kappa shape index (κ2) is 5.85. The molecule has 0 bridgehead atoms. The van der Waals surface area contributed by atoms with E-state index < -0.39 is 0 Å². The molecule has 3 rings (SSSR count). The number of nitrogens with zero attached hydrogens (tertiary/aromatic N) is 3. The molecule has 5 heteroatoms. The molecule has 0 radical (unpaired) electrons. The lowest BCUT2D eigenvalue weighted by Crippen LogP contribution is -2.20. The van der Waals surface area contributed by atoms with Crippen molar-refractivity contribution in [2.45, 2.75) is 6.04 Å². The molecule has 0 saturated carbocycles. The monoisotopic (exact) mass is 280 g/mol. The van der Waals surface area contributed by atoms with Gasteiger partial charge < -0.3 is 10.1 Å². The second-order valence-electron chi connectivity index (χ2n) is 4.59. The molecular weight excluding hydrogens is 264 g/mol. The van der Waals surface area contributed by atoms with E-state index in [9.17, 15) is 0 Å². The average Bonchev–Trinajstić information content (AvgIpc) is 2.56. The van der Waals surface area contributed by atoms with E-state index in [1.807, 2.05) is 37.4 Å². The van der Waals surface area contributed by atoms with Crippen LogP contribution < -0.4 is 10.1 Å². The molecule has 2 heterocycles. The maximum Gasteiger partial charge on any atom is 0.237 e. The molecule has 1 N–H and O–H groups in total. The van der Waals surface area contributed by atoms with E-state index in [4.69, 9.17) is 4.74 Å². The first-order valence-corrected chi connectivity index (χ1v) is 6.71. The molecule has 0 saturated heterocycles. The molecule has 0 aliphatic carbocycles. The molecule has 1 aromatic carbocycles. The molecule has 3 aromatic rings. The summed E-state index contributed by atoms with van der Waals surface area (Å²) in [6, 6.07) is 9.96. The Balaban J connectivity index is 2.19. The zero-order valence-corrected chi connectivity index (χ0v) is 11.9. The van der Waals surface area contributed by atoms with E-state index in [2.05, 4.69) is 20.3 Å². The highest BCUT2D eigenvalue weighted by Gasteiger charge is 2.21. The van der Waals surface area contributed by atoms with Crippen LogP contribution in [0.2, 0.25) is 0 Å². The number of hydrogen-bond donors (Lipinski definition) is 1. The van der Waals surface area contributed by atoms with Crippen LogP contribution >= 0.6 is 0 Å². The van der Waals surface area contributed by atoms with Gasteiger partial charge in [-0.3, -0.25) is 9.97 Å². The zero-order valence-electron chi connectivity index (χ0n) is 11.9. The van der Waals surface area contributed by atoms with Crippen molar-refractivity contribution in [3.05, 3.63) is 60.2 Å². The van der Waals surface area contributed by atoms with Crippen molar-refractivity contribution in [1.82, 2.24) is 20.3 Å².